The highest BCUT2D eigenvalue weighted by atomic mass is 16.2. The molecule has 0 aromatic heterocycles. The Morgan fingerprint density at radius 1 is 1.61 bits per heavy atom. The maximum absolute atomic E-state index is 12.0. The fourth-order valence-electron chi connectivity index (χ4n) is 2.05. The molecule has 1 rings (SSSR count). The monoisotopic (exact) mass is 253 g/mol. The van der Waals surface area contributed by atoms with Crippen LogP contribution in [-0.4, -0.2) is 54.8 Å². The summed E-state index contributed by atoms with van der Waals surface area (Å²) in [6.45, 7) is 6.59. The van der Waals surface area contributed by atoms with Crippen LogP contribution < -0.4 is 5.32 Å². The summed E-state index contributed by atoms with van der Waals surface area (Å²) in [7, 11) is 3.48. The van der Waals surface area contributed by atoms with Gasteiger partial charge in [-0.15, -0.1) is 0 Å². The standard InChI is InChI=1S/C13H23N3O2/c1-5-10(2)15(4)12(17)9-16-8-6-7-11(14-3)13(16)18/h11,14H,2,5-9H2,1,3-4H3/t11-/m0/s1. The summed E-state index contributed by atoms with van der Waals surface area (Å²) in [6, 6.07) is -0.147. The molecule has 0 saturated carbocycles. The van der Waals surface area contributed by atoms with Gasteiger partial charge in [0.2, 0.25) is 11.8 Å². The highest BCUT2D eigenvalue weighted by molar-refractivity contribution is 5.88. The second-order valence-corrected chi connectivity index (χ2v) is 4.62. The maximum Gasteiger partial charge on any atom is 0.246 e. The number of hydrogen-bond donors (Lipinski definition) is 1. The van der Waals surface area contributed by atoms with E-state index in [1.807, 2.05) is 6.92 Å². The molecule has 1 aliphatic rings. The van der Waals surface area contributed by atoms with Crippen LogP contribution >= 0.6 is 0 Å². The van der Waals surface area contributed by atoms with E-state index >= 15 is 0 Å². The SMILES string of the molecule is C=C(CC)N(C)C(=O)CN1CCC[C@H](NC)C1=O. The van der Waals surface area contributed by atoms with E-state index in [4.69, 9.17) is 0 Å². The molecule has 102 valence electrons. The average molecular weight is 253 g/mol. The Morgan fingerprint density at radius 3 is 2.83 bits per heavy atom. The molecule has 5 nitrogen and oxygen atoms in total. The lowest BCUT2D eigenvalue weighted by molar-refractivity contribution is -0.142. The van der Waals surface area contributed by atoms with Crippen molar-refractivity contribution in [3.63, 3.8) is 0 Å². The summed E-state index contributed by atoms with van der Waals surface area (Å²) < 4.78 is 0. The van der Waals surface area contributed by atoms with Crippen LogP contribution in [0.2, 0.25) is 0 Å². The number of allylic oxidation sites excluding steroid dienone is 1. The lowest BCUT2D eigenvalue weighted by atomic mass is 10.1. The number of amides is 2. The molecule has 1 atom stereocenters. The molecule has 0 aliphatic carbocycles. The van der Waals surface area contributed by atoms with Crippen molar-refractivity contribution in [2.45, 2.75) is 32.2 Å². The predicted octanol–water partition coefficient (Wildman–Crippen LogP) is 0.579. The lowest BCUT2D eigenvalue weighted by Gasteiger charge is -2.32. The quantitative estimate of drug-likeness (QED) is 0.780. The van der Waals surface area contributed by atoms with Crippen molar-refractivity contribution < 1.29 is 9.59 Å². The Bertz CT molecular complexity index is 341. The van der Waals surface area contributed by atoms with E-state index < -0.39 is 0 Å². The van der Waals surface area contributed by atoms with Gasteiger partial charge < -0.3 is 15.1 Å². The third-order valence-electron chi connectivity index (χ3n) is 3.46. The molecular weight excluding hydrogens is 230 g/mol. The Hall–Kier alpha value is -1.36. The number of likely N-dealkylation sites (N-methyl/N-ethyl adjacent to an activating group) is 2. The average Bonchev–Trinajstić information content (AvgIpc) is 2.39. The summed E-state index contributed by atoms with van der Waals surface area (Å²) in [5.74, 6) is -0.0560. The maximum atomic E-state index is 12.0. The Morgan fingerprint density at radius 2 is 2.28 bits per heavy atom. The molecule has 0 bridgehead atoms. The van der Waals surface area contributed by atoms with Crippen LogP contribution in [0.1, 0.15) is 26.2 Å². The normalized spacial score (nSPS) is 19.8. The van der Waals surface area contributed by atoms with E-state index in [1.54, 1.807) is 19.0 Å². The summed E-state index contributed by atoms with van der Waals surface area (Å²) >= 11 is 0. The van der Waals surface area contributed by atoms with Crippen molar-refractivity contribution in [2.24, 2.45) is 0 Å². The Kier molecular flexibility index (Phi) is 5.34. The van der Waals surface area contributed by atoms with Crippen LogP contribution in [0.25, 0.3) is 0 Å². The van der Waals surface area contributed by atoms with Crippen LogP contribution in [0, 0.1) is 0 Å². The first-order chi connectivity index (χ1) is 8.51. The van der Waals surface area contributed by atoms with Gasteiger partial charge >= 0.3 is 0 Å². The van der Waals surface area contributed by atoms with Gasteiger partial charge in [-0.2, -0.15) is 0 Å². The van der Waals surface area contributed by atoms with Gasteiger partial charge in [-0.25, -0.2) is 0 Å². The number of rotatable bonds is 5. The Labute approximate surface area is 109 Å². The second kappa shape index (κ2) is 6.54. The molecule has 1 fully saturated rings. The number of likely N-dealkylation sites (tertiary alicyclic amines) is 1. The molecule has 0 unspecified atom stereocenters. The smallest absolute Gasteiger partial charge is 0.246 e. The second-order valence-electron chi connectivity index (χ2n) is 4.62. The molecule has 0 radical (unpaired) electrons. The van der Waals surface area contributed by atoms with E-state index in [2.05, 4.69) is 11.9 Å². The zero-order valence-electron chi connectivity index (χ0n) is 11.5. The van der Waals surface area contributed by atoms with Crippen LogP contribution in [0.4, 0.5) is 0 Å². The summed E-state index contributed by atoms with van der Waals surface area (Å²) in [6.07, 6.45) is 2.51. The van der Waals surface area contributed by atoms with Crippen molar-refractivity contribution in [1.29, 1.82) is 0 Å². The van der Waals surface area contributed by atoms with E-state index in [0.29, 0.717) is 6.54 Å². The van der Waals surface area contributed by atoms with Gasteiger partial charge in [0, 0.05) is 19.3 Å². The highest BCUT2D eigenvalue weighted by Gasteiger charge is 2.29. The Balaban J connectivity index is 2.58. The minimum Gasteiger partial charge on any atom is -0.332 e. The number of carbonyl (C=O) groups excluding carboxylic acids is 2. The number of hydrogen-bond acceptors (Lipinski definition) is 3. The number of nitrogens with zero attached hydrogens (tertiary/aromatic N) is 2. The molecular formula is C13H23N3O2. The summed E-state index contributed by atoms with van der Waals surface area (Å²) in [5, 5.41) is 2.99. The fraction of sp³-hybridized carbons (Fsp3) is 0.692. The minimum absolute atomic E-state index is 0.0209. The van der Waals surface area contributed by atoms with Crippen molar-refractivity contribution >= 4 is 11.8 Å². The third-order valence-corrected chi connectivity index (χ3v) is 3.46. The van der Waals surface area contributed by atoms with Crippen LogP contribution in [0.5, 0.6) is 0 Å². The largest absolute Gasteiger partial charge is 0.332 e. The number of piperidine rings is 1. The van der Waals surface area contributed by atoms with Gasteiger partial charge in [-0.05, 0) is 26.3 Å². The molecule has 5 heteroatoms. The molecule has 0 spiro atoms. The molecule has 1 heterocycles. The molecule has 0 aromatic rings. The molecule has 2 amide bonds. The molecule has 1 aliphatic heterocycles. The van der Waals surface area contributed by atoms with Gasteiger partial charge in [0.25, 0.3) is 0 Å². The van der Waals surface area contributed by atoms with Crippen molar-refractivity contribution in [3.05, 3.63) is 12.3 Å². The highest BCUT2D eigenvalue weighted by Crippen LogP contribution is 2.12. The van der Waals surface area contributed by atoms with Gasteiger partial charge in [0.15, 0.2) is 0 Å². The van der Waals surface area contributed by atoms with Gasteiger partial charge in [-0.3, -0.25) is 9.59 Å². The fourth-order valence-corrected chi connectivity index (χ4v) is 2.05. The summed E-state index contributed by atoms with van der Waals surface area (Å²) in [4.78, 5) is 27.2. The first-order valence-corrected chi connectivity index (χ1v) is 6.41. The van der Waals surface area contributed by atoms with Gasteiger partial charge in [-0.1, -0.05) is 13.5 Å². The van der Waals surface area contributed by atoms with Crippen molar-refractivity contribution in [2.75, 3.05) is 27.2 Å². The number of carbonyl (C=O) groups is 2. The van der Waals surface area contributed by atoms with Gasteiger partial charge in [0.05, 0.1) is 6.04 Å². The minimum atomic E-state index is -0.147. The first kappa shape index (κ1) is 14.7. The van der Waals surface area contributed by atoms with E-state index in [1.165, 1.54) is 4.90 Å². The predicted molar refractivity (Wildman–Crippen MR) is 70.9 cm³/mol. The van der Waals surface area contributed by atoms with E-state index in [0.717, 1.165) is 25.0 Å². The topological polar surface area (TPSA) is 52.7 Å². The van der Waals surface area contributed by atoms with Crippen molar-refractivity contribution in [1.82, 2.24) is 15.1 Å². The van der Waals surface area contributed by atoms with Crippen LogP contribution in [0.15, 0.2) is 12.3 Å². The van der Waals surface area contributed by atoms with E-state index in [-0.39, 0.29) is 24.4 Å². The number of nitrogens with one attached hydrogen (secondary N) is 1. The molecule has 1 N–H and O–H groups in total. The molecule has 1 saturated heterocycles. The first-order valence-electron chi connectivity index (χ1n) is 6.41. The van der Waals surface area contributed by atoms with Gasteiger partial charge in [0.1, 0.15) is 6.54 Å². The zero-order valence-corrected chi connectivity index (χ0v) is 11.5. The van der Waals surface area contributed by atoms with Crippen LogP contribution in [-0.2, 0) is 9.59 Å². The summed E-state index contributed by atoms with van der Waals surface area (Å²) in [5.41, 5.74) is 0.773. The van der Waals surface area contributed by atoms with Crippen molar-refractivity contribution in [3.8, 4) is 0 Å². The molecule has 0 aromatic carbocycles. The molecule has 18 heavy (non-hydrogen) atoms. The lowest BCUT2D eigenvalue weighted by Crippen LogP contribution is -2.52. The zero-order chi connectivity index (χ0) is 13.7. The van der Waals surface area contributed by atoms with E-state index in [9.17, 15) is 9.59 Å². The third kappa shape index (κ3) is 3.32. The van der Waals surface area contributed by atoms with Crippen LogP contribution in [0.3, 0.4) is 0 Å².